The van der Waals surface area contributed by atoms with Crippen molar-refractivity contribution in [2.45, 2.75) is 59.5 Å². The Morgan fingerprint density at radius 1 is 1.16 bits per heavy atom. The summed E-state index contributed by atoms with van der Waals surface area (Å²) in [6.07, 6.45) is 0.529. The zero-order valence-electron chi connectivity index (χ0n) is 12.6. The number of nitrogens with two attached hydrogens (primary N) is 1. The van der Waals surface area contributed by atoms with E-state index >= 15 is 0 Å². The van der Waals surface area contributed by atoms with Gasteiger partial charge in [0.2, 0.25) is 5.91 Å². The fourth-order valence-corrected chi connectivity index (χ4v) is 1.93. The largest absolute Gasteiger partial charge is 0.481 e. The van der Waals surface area contributed by atoms with E-state index in [1.165, 1.54) is 0 Å². The zero-order valence-corrected chi connectivity index (χ0v) is 12.6. The van der Waals surface area contributed by atoms with Gasteiger partial charge in [-0.1, -0.05) is 34.6 Å². The van der Waals surface area contributed by atoms with Crippen molar-refractivity contribution in [3.8, 4) is 0 Å². The zero-order chi connectivity index (χ0) is 15.2. The second-order valence-corrected chi connectivity index (χ2v) is 6.05. The third kappa shape index (κ3) is 7.15. The highest BCUT2D eigenvalue weighted by Crippen LogP contribution is 2.17. The lowest BCUT2D eigenvalue weighted by atomic mass is 9.88. The molecule has 5 heteroatoms. The van der Waals surface area contributed by atoms with Crippen LogP contribution in [0.4, 0.5) is 0 Å². The number of amides is 1. The summed E-state index contributed by atoms with van der Waals surface area (Å²) in [7, 11) is 0. The quantitative estimate of drug-likeness (QED) is 0.626. The Balaban J connectivity index is 4.63. The molecule has 0 aromatic rings. The fourth-order valence-electron chi connectivity index (χ4n) is 1.93. The molecule has 0 aliphatic heterocycles. The molecule has 3 unspecified atom stereocenters. The minimum Gasteiger partial charge on any atom is -0.481 e. The van der Waals surface area contributed by atoms with E-state index in [9.17, 15) is 9.59 Å². The summed E-state index contributed by atoms with van der Waals surface area (Å²) in [4.78, 5) is 22.9. The Morgan fingerprint density at radius 2 is 1.68 bits per heavy atom. The van der Waals surface area contributed by atoms with Crippen LogP contribution in [0.1, 0.15) is 47.5 Å². The summed E-state index contributed by atoms with van der Waals surface area (Å²) in [5.74, 6) is -0.443. The smallest absolute Gasteiger partial charge is 0.305 e. The molecule has 3 atom stereocenters. The van der Waals surface area contributed by atoms with Gasteiger partial charge >= 0.3 is 5.97 Å². The van der Waals surface area contributed by atoms with E-state index in [1.807, 2.05) is 34.6 Å². The molecule has 0 bridgehead atoms. The Bertz CT molecular complexity index is 303. The lowest BCUT2D eigenvalue weighted by Gasteiger charge is -2.28. The standard InChI is InChI=1S/C14H28N2O3/c1-8(2)6-11(15)14(19)16-12(7-13(17)18)10(5)9(3)4/h8-12H,6-7,15H2,1-5H3,(H,16,19)(H,17,18). The predicted octanol–water partition coefficient (Wildman–Crippen LogP) is 1.61. The van der Waals surface area contributed by atoms with Crippen LogP contribution in [0.2, 0.25) is 0 Å². The Kier molecular flexibility index (Phi) is 7.68. The van der Waals surface area contributed by atoms with E-state index in [0.29, 0.717) is 18.3 Å². The molecule has 0 radical (unpaired) electrons. The van der Waals surface area contributed by atoms with Gasteiger partial charge in [0.25, 0.3) is 0 Å². The molecule has 1 amide bonds. The van der Waals surface area contributed by atoms with E-state index in [1.54, 1.807) is 0 Å². The van der Waals surface area contributed by atoms with Gasteiger partial charge in [-0.3, -0.25) is 9.59 Å². The number of hydrogen-bond acceptors (Lipinski definition) is 3. The lowest BCUT2D eigenvalue weighted by Crippen LogP contribution is -2.49. The van der Waals surface area contributed by atoms with Crippen molar-refractivity contribution in [1.82, 2.24) is 5.32 Å². The number of carboxylic acids is 1. The van der Waals surface area contributed by atoms with Crippen LogP contribution >= 0.6 is 0 Å². The summed E-state index contributed by atoms with van der Waals surface area (Å²) >= 11 is 0. The van der Waals surface area contributed by atoms with Crippen molar-refractivity contribution in [3.05, 3.63) is 0 Å². The van der Waals surface area contributed by atoms with Crippen molar-refractivity contribution >= 4 is 11.9 Å². The Morgan fingerprint density at radius 3 is 2.05 bits per heavy atom. The number of nitrogens with one attached hydrogen (secondary N) is 1. The summed E-state index contributed by atoms with van der Waals surface area (Å²) in [5, 5.41) is 11.7. The number of aliphatic carboxylic acids is 1. The van der Waals surface area contributed by atoms with Crippen LogP contribution < -0.4 is 11.1 Å². The van der Waals surface area contributed by atoms with Crippen molar-refractivity contribution in [2.24, 2.45) is 23.5 Å². The molecule has 19 heavy (non-hydrogen) atoms. The molecule has 0 aliphatic carbocycles. The molecule has 4 N–H and O–H groups in total. The number of carbonyl (C=O) groups excluding carboxylic acids is 1. The van der Waals surface area contributed by atoms with Gasteiger partial charge < -0.3 is 16.2 Å². The van der Waals surface area contributed by atoms with Gasteiger partial charge in [0.05, 0.1) is 12.5 Å². The second kappa shape index (κ2) is 8.15. The van der Waals surface area contributed by atoms with E-state index in [4.69, 9.17) is 10.8 Å². The molecule has 5 nitrogen and oxygen atoms in total. The van der Waals surface area contributed by atoms with Gasteiger partial charge in [0.1, 0.15) is 0 Å². The molecule has 112 valence electrons. The van der Waals surface area contributed by atoms with Crippen molar-refractivity contribution in [2.75, 3.05) is 0 Å². The van der Waals surface area contributed by atoms with E-state index < -0.39 is 12.0 Å². The summed E-state index contributed by atoms with van der Waals surface area (Å²) < 4.78 is 0. The van der Waals surface area contributed by atoms with Crippen LogP contribution in [-0.4, -0.2) is 29.1 Å². The van der Waals surface area contributed by atoms with Crippen molar-refractivity contribution < 1.29 is 14.7 Å². The molecular formula is C14H28N2O3. The molecule has 0 saturated heterocycles. The number of hydrogen-bond donors (Lipinski definition) is 3. The van der Waals surface area contributed by atoms with Crippen LogP contribution in [0.15, 0.2) is 0 Å². The topological polar surface area (TPSA) is 92.4 Å². The van der Waals surface area contributed by atoms with Crippen LogP contribution in [0.3, 0.4) is 0 Å². The first-order chi connectivity index (χ1) is 8.65. The van der Waals surface area contributed by atoms with Gasteiger partial charge in [-0.25, -0.2) is 0 Å². The highest BCUT2D eigenvalue weighted by molar-refractivity contribution is 5.82. The number of carbonyl (C=O) groups is 2. The SMILES string of the molecule is CC(C)CC(N)C(=O)NC(CC(=O)O)C(C)C(C)C. The van der Waals surface area contributed by atoms with Gasteiger partial charge in [-0.2, -0.15) is 0 Å². The third-order valence-corrected chi connectivity index (χ3v) is 3.47. The van der Waals surface area contributed by atoms with Crippen LogP contribution in [-0.2, 0) is 9.59 Å². The van der Waals surface area contributed by atoms with Crippen LogP contribution in [0.25, 0.3) is 0 Å². The Hall–Kier alpha value is -1.10. The van der Waals surface area contributed by atoms with E-state index in [0.717, 1.165) is 0 Å². The lowest BCUT2D eigenvalue weighted by molar-refractivity contribution is -0.138. The molecule has 0 saturated carbocycles. The average Bonchev–Trinajstić information content (AvgIpc) is 2.25. The van der Waals surface area contributed by atoms with Gasteiger partial charge in [0.15, 0.2) is 0 Å². The molecule has 0 rings (SSSR count). The fraction of sp³-hybridized carbons (Fsp3) is 0.857. The van der Waals surface area contributed by atoms with Gasteiger partial charge in [0, 0.05) is 6.04 Å². The second-order valence-electron chi connectivity index (χ2n) is 6.05. The first kappa shape index (κ1) is 17.9. The van der Waals surface area contributed by atoms with Gasteiger partial charge in [-0.15, -0.1) is 0 Å². The maximum atomic E-state index is 12.0. The first-order valence-corrected chi connectivity index (χ1v) is 6.92. The maximum absolute atomic E-state index is 12.0. The molecule has 0 aromatic carbocycles. The predicted molar refractivity (Wildman–Crippen MR) is 75.6 cm³/mol. The number of carboxylic acid groups (broad SMARTS) is 1. The molecular weight excluding hydrogens is 244 g/mol. The third-order valence-electron chi connectivity index (χ3n) is 3.47. The normalized spacial score (nSPS) is 16.2. The first-order valence-electron chi connectivity index (χ1n) is 6.92. The maximum Gasteiger partial charge on any atom is 0.305 e. The molecule has 0 aromatic heterocycles. The van der Waals surface area contributed by atoms with Crippen LogP contribution in [0, 0.1) is 17.8 Å². The molecule has 0 spiro atoms. The molecule has 0 fully saturated rings. The van der Waals surface area contributed by atoms with Gasteiger partial charge in [-0.05, 0) is 24.2 Å². The Labute approximate surface area is 115 Å². The summed E-state index contributed by atoms with van der Waals surface area (Å²) in [5.41, 5.74) is 5.81. The van der Waals surface area contributed by atoms with E-state index in [-0.39, 0.29) is 24.3 Å². The highest BCUT2D eigenvalue weighted by atomic mass is 16.4. The minimum absolute atomic E-state index is 0.0700. The van der Waals surface area contributed by atoms with Crippen molar-refractivity contribution in [1.29, 1.82) is 0 Å². The summed E-state index contributed by atoms with van der Waals surface area (Å²) in [6, 6.07) is -0.945. The monoisotopic (exact) mass is 272 g/mol. The molecule has 0 aliphatic rings. The highest BCUT2D eigenvalue weighted by Gasteiger charge is 2.26. The van der Waals surface area contributed by atoms with Crippen LogP contribution in [0.5, 0.6) is 0 Å². The average molecular weight is 272 g/mol. The minimum atomic E-state index is -0.907. The number of rotatable bonds is 8. The van der Waals surface area contributed by atoms with E-state index in [2.05, 4.69) is 5.32 Å². The summed E-state index contributed by atoms with van der Waals surface area (Å²) in [6.45, 7) is 9.98. The van der Waals surface area contributed by atoms with Crippen molar-refractivity contribution in [3.63, 3.8) is 0 Å². The molecule has 0 heterocycles.